The van der Waals surface area contributed by atoms with Crippen LogP contribution >= 0.6 is 0 Å². The molecule has 206 valence electrons. The summed E-state index contributed by atoms with van der Waals surface area (Å²) in [7, 11) is 0. The van der Waals surface area contributed by atoms with Gasteiger partial charge < -0.3 is 20.3 Å². The first kappa shape index (κ1) is 28.1. The average molecular weight is 521 g/mol. The molecule has 0 unspecified atom stereocenters. The minimum Gasteiger partial charge on any atom is -0.379 e. The zero-order valence-corrected chi connectivity index (χ0v) is 23.5. The molecule has 2 saturated heterocycles. The lowest BCUT2D eigenvalue weighted by Gasteiger charge is -2.33. The van der Waals surface area contributed by atoms with E-state index in [4.69, 9.17) is 4.74 Å². The molecule has 0 bridgehead atoms. The first-order valence-corrected chi connectivity index (χ1v) is 14.1. The van der Waals surface area contributed by atoms with Crippen LogP contribution in [-0.4, -0.2) is 69.2 Å². The van der Waals surface area contributed by atoms with Gasteiger partial charge in [-0.15, -0.1) is 0 Å². The number of morpholine rings is 1. The van der Waals surface area contributed by atoms with Crippen LogP contribution in [0.5, 0.6) is 0 Å². The Morgan fingerprint density at radius 1 is 0.947 bits per heavy atom. The van der Waals surface area contributed by atoms with Crippen LogP contribution in [-0.2, 0) is 10.2 Å². The van der Waals surface area contributed by atoms with Crippen molar-refractivity contribution in [2.75, 3.05) is 62.7 Å². The molecule has 0 aromatic heterocycles. The Kier molecular flexibility index (Phi) is 9.44. The summed E-state index contributed by atoms with van der Waals surface area (Å²) < 4.78 is 5.42. The van der Waals surface area contributed by atoms with Crippen LogP contribution < -0.4 is 15.5 Å². The van der Waals surface area contributed by atoms with E-state index in [-0.39, 0.29) is 17.2 Å². The number of nitrogens with one attached hydrogen (secondary N) is 2. The molecule has 7 heteroatoms. The molecule has 2 heterocycles. The van der Waals surface area contributed by atoms with Crippen LogP contribution in [0.4, 0.5) is 11.4 Å². The maximum Gasteiger partial charge on any atom is 0.255 e. The molecule has 2 amide bonds. The number of piperidine rings is 1. The quantitative estimate of drug-likeness (QED) is 0.483. The molecule has 38 heavy (non-hydrogen) atoms. The highest BCUT2D eigenvalue weighted by Crippen LogP contribution is 2.29. The van der Waals surface area contributed by atoms with E-state index in [2.05, 4.69) is 48.1 Å². The third kappa shape index (κ3) is 7.58. The number of benzene rings is 2. The average Bonchev–Trinajstić information content (AvgIpc) is 2.91. The molecular weight excluding hydrogens is 476 g/mol. The first-order valence-electron chi connectivity index (χ1n) is 14.1. The summed E-state index contributed by atoms with van der Waals surface area (Å²) in [6.45, 7) is 15.6. The molecule has 0 atom stereocenters. The Bertz CT molecular complexity index is 1080. The highest BCUT2D eigenvalue weighted by atomic mass is 16.5. The molecule has 7 nitrogen and oxygen atoms in total. The SMILES string of the molecule is CC1CCN(c2ccc(NC(=O)c3ccc(C(C)(C)C)cc3)cc2C(=O)NCCCN2CCOCC2)CC1. The Labute approximate surface area is 227 Å². The van der Waals surface area contributed by atoms with Crippen molar-refractivity contribution >= 4 is 23.2 Å². The summed E-state index contributed by atoms with van der Waals surface area (Å²) >= 11 is 0. The van der Waals surface area contributed by atoms with Crippen molar-refractivity contribution in [1.82, 2.24) is 10.2 Å². The standard InChI is InChI=1S/C31H44N4O3/c1-23-12-16-35(17-13-23)28-11-10-26(33-29(36)24-6-8-25(9-7-24)31(2,3)4)22-27(28)30(37)32-14-5-15-34-18-20-38-21-19-34/h6-11,22-23H,5,12-21H2,1-4H3,(H,32,37)(H,33,36). The number of ether oxygens (including phenoxy) is 1. The van der Waals surface area contributed by atoms with Crippen molar-refractivity contribution in [3.05, 3.63) is 59.2 Å². The third-order valence-electron chi connectivity index (χ3n) is 7.68. The summed E-state index contributed by atoms with van der Waals surface area (Å²) in [5.74, 6) is 0.431. The largest absolute Gasteiger partial charge is 0.379 e. The van der Waals surface area contributed by atoms with E-state index in [0.717, 1.165) is 70.9 Å². The minimum absolute atomic E-state index is 0.0293. The summed E-state index contributed by atoms with van der Waals surface area (Å²) in [4.78, 5) is 31.1. The van der Waals surface area contributed by atoms with E-state index in [9.17, 15) is 9.59 Å². The molecular formula is C31H44N4O3. The molecule has 2 N–H and O–H groups in total. The zero-order valence-electron chi connectivity index (χ0n) is 23.5. The summed E-state index contributed by atoms with van der Waals surface area (Å²) in [6, 6.07) is 13.5. The molecule has 2 aromatic rings. The third-order valence-corrected chi connectivity index (χ3v) is 7.68. The highest BCUT2D eigenvalue weighted by molar-refractivity contribution is 6.06. The molecule has 0 spiro atoms. The van der Waals surface area contributed by atoms with Crippen LogP contribution in [0.2, 0.25) is 0 Å². The zero-order chi connectivity index (χ0) is 27.1. The maximum absolute atomic E-state index is 13.4. The van der Waals surface area contributed by atoms with Crippen LogP contribution in [0.1, 0.15) is 73.2 Å². The molecule has 2 fully saturated rings. The van der Waals surface area contributed by atoms with Crippen LogP contribution in [0.3, 0.4) is 0 Å². The summed E-state index contributed by atoms with van der Waals surface area (Å²) in [5.41, 5.74) is 3.99. The van der Waals surface area contributed by atoms with E-state index in [1.807, 2.05) is 42.5 Å². The van der Waals surface area contributed by atoms with Gasteiger partial charge in [-0.25, -0.2) is 0 Å². The maximum atomic E-state index is 13.4. The number of hydrogen-bond donors (Lipinski definition) is 2. The number of anilines is 2. The summed E-state index contributed by atoms with van der Waals surface area (Å²) in [6.07, 6.45) is 3.12. The fourth-order valence-electron chi connectivity index (χ4n) is 5.07. The molecule has 2 aliphatic rings. The number of carbonyl (C=O) groups is 2. The Balaban J connectivity index is 1.45. The van der Waals surface area contributed by atoms with Crippen molar-refractivity contribution in [1.29, 1.82) is 0 Å². The normalized spacial score (nSPS) is 17.3. The molecule has 2 aliphatic heterocycles. The number of amides is 2. The number of carbonyl (C=O) groups excluding carboxylic acids is 2. The predicted octanol–water partition coefficient (Wildman–Crippen LogP) is 4.92. The van der Waals surface area contributed by atoms with Gasteiger partial charge in [0.1, 0.15) is 0 Å². The van der Waals surface area contributed by atoms with Gasteiger partial charge in [-0.05, 0) is 73.0 Å². The van der Waals surface area contributed by atoms with Crippen molar-refractivity contribution in [3.63, 3.8) is 0 Å². The molecule has 0 saturated carbocycles. The second kappa shape index (κ2) is 12.8. The van der Waals surface area contributed by atoms with Gasteiger partial charge >= 0.3 is 0 Å². The fraction of sp³-hybridized carbons (Fsp3) is 0.548. The topological polar surface area (TPSA) is 73.9 Å². The lowest BCUT2D eigenvalue weighted by molar-refractivity contribution is 0.0374. The van der Waals surface area contributed by atoms with Crippen LogP contribution in [0, 0.1) is 5.92 Å². The minimum atomic E-state index is -0.179. The van der Waals surface area contributed by atoms with Crippen LogP contribution in [0.25, 0.3) is 0 Å². The lowest BCUT2D eigenvalue weighted by atomic mass is 9.87. The number of rotatable bonds is 8. The van der Waals surface area contributed by atoms with E-state index < -0.39 is 0 Å². The number of nitrogens with zero attached hydrogens (tertiary/aromatic N) is 2. The smallest absolute Gasteiger partial charge is 0.255 e. The van der Waals surface area contributed by atoms with Crippen molar-refractivity contribution in [2.24, 2.45) is 5.92 Å². The monoisotopic (exact) mass is 520 g/mol. The highest BCUT2D eigenvalue weighted by Gasteiger charge is 2.22. The second-order valence-corrected chi connectivity index (χ2v) is 11.7. The molecule has 0 aliphatic carbocycles. The van der Waals surface area contributed by atoms with Crippen molar-refractivity contribution < 1.29 is 14.3 Å². The Morgan fingerprint density at radius 3 is 2.29 bits per heavy atom. The van der Waals surface area contributed by atoms with Crippen LogP contribution in [0.15, 0.2) is 42.5 Å². The fourth-order valence-corrected chi connectivity index (χ4v) is 5.07. The van der Waals surface area contributed by atoms with E-state index in [0.29, 0.717) is 29.3 Å². The summed E-state index contributed by atoms with van der Waals surface area (Å²) in [5, 5.41) is 6.13. The first-order chi connectivity index (χ1) is 18.2. The van der Waals surface area contributed by atoms with Gasteiger partial charge in [0.2, 0.25) is 0 Å². The molecule has 4 rings (SSSR count). The molecule has 0 radical (unpaired) electrons. The van der Waals surface area contributed by atoms with Gasteiger partial charge in [0, 0.05) is 49.7 Å². The number of hydrogen-bond acceptors (Lipinski definition) is 5. The predicted molar refractivity (Wildman–Crippen MR) is 154 cm³/mol. The van der Waals surface area contributed by atoms with Gasteiger partial charge in [0.25, 0.3) is 11.8 Å². The van der Waals surface area contributed by atoms with E-state index in [1.54, 1.807) is 0 Å². The van der Waals surface area contributed by atoms with Gasteiger partial charge in [0.05, 0.1) is 18.8 Å². The second-order valence-electron chi connectivity index (χ2n) is 11.7. The molecule has 2 aromatic carbocycles. The lowest BCUT2D eigenvalue weighted by Crippen LogP contribution is -2.38. The Hall–Kier alpha value is -2.90. The van der Waals surface area contributed by atoms with Crippen molar-refractivity contribution in [3.8, 4) is 0 Å². The van der Waals surface area contributed by atoms with Gasteiger partial charge in [-0.1, -0.05) is 39.8 Å². The van der Waals surface area contributed by atoms with Gasteiger partial charge in [-0.2, -0.15) is 0 Å². The van der Waals surface area contributed by atoms with Crippen molar-refractivity contribution in [2.45, 2.75) is 52.4 Å². The van der Waals surface area contributed by atoms with Gasteiger partial charge in [0.15, 0.2) is 0 Å². The van der Waals surface area contributed by atoms with Gasteiger partial charge in [-0.3, -0.25) is 14.5 Å². The Morgan fingerprint density at radius 2 is 1.63 bits per heavy atom. The van der Waals surface area contributed by atoms with E-state index in [1.165, 1.54) is 5.56 Å². The van der Waals surface area contributed by atoms with E-state index >= 15 is 0 Å².